The lowest BCUT2D eigenvalue weighted by Crippen LogP contribution is -2.45. The minimum Gasteiger partial charge on any atom is -0.384 e. The molecule has 3 aromatic heterocycles. The van der Waals surface area contributed by atoms with Crippen LogP contribution in [-0.2, 0) is 6.54 Å². The fourth-order valence-electron chi connectivity index (χ4n) is 3.16. The van der Waals surface area contributed by atoms with Crippen LogP contribution < -0.4 is 0 Å². The maximum Gasteiger partial charge on any atom is 0.294 e. The van der Waals surface area contributed by atoms with E-state index in [-0.39, 0.29) is 5.82 Å². The van der Waals surface area contributed by atoms with Gasteiger partial charge in [0.25, 0.3) is 11.7 Å². The number of halogens is 2. The molecule has 0 spiro atoms. The van der Waals surface area contributed by atoms with Crippen LogP contribution in [-0.4, -0.2) is 36.4 Å². The lowest BCUT2D eigenvalue weighted by molar-refractivity contribution is -0.171. The van der Waals surface area contributed by atoms with Gasteiger partial charge in [-0.2, -0.15) is 5.10 Å². The Kier molecular flexibility index (Phi) is 4.99. The molecular weight excluding hydrogens is 400 g/mol. The minimum atomic E-state index is -3.37. The second-order valence-corrected chi connectivity index (χ2v) is 7.78. The quantitative estimate of drug-likeness (QED) is 0.456. The van der Waals surface area contributed by atoms with E-state index in [0.29, 0.717) is 16.8 Å². The van der Waals surface area contributed by atoms with Gasteiger partial charge in [-0.15, -0.1) is 4.98 Å². The summed E-state index contributed by atoms with van der Waals surface area (Å²) in [6.45, 7) is 8.66. The smallest absolute Gasteiger partial charge is 0.294 e. The summed E-state index contributed by atoms with van der Waals surface area (Å²) in [6, 6.07) is 12.8. The molecule has 0 fully saturated rings. The molecule has 156 valence electrons. The monoisotopic (exact) mass is 419 g/mol. The van der Waals surface area contributed by atoms with Gasteiger partial charge in [0.2, 0.25) is 0 Å². The standard InChI is InChI=1S/C23H19F2N5O/c1-22(2,31)23(24,25)14-30-13-17(12-28-30)18-8-9-20(26-3)29-21(18)16-7-6-15-5-4-10-27-19(15)11-16/h4-13,31H,14H2,1-2H3. The summed E-state index contributed by atoms with van der Waals surface area (Å²) >= 11 is 0. The third-order valence-corrected chi connectivity index (χ3v) is 5.07. The van der Waals surface area contributed by atoms with Gasteiger partial charge in [-0.05, 0) is 38.1 Å². The zero-order chi connectivity index (χ0) is 22.2. The molecule has 6 nitrogen and oxygen atoms in total. The predicted molar refractivity (Wildman–Crippen MR) is 114 cm³/mol. The summed E-state index contributed by atoms with van der Waals surface area (Å²) in [7, 11) is 0. The van der Waals surface area contributed by atoms with Gasteiger partial charge in [0, 0.05) is 34.5 Å². The van der Waals surface area contributed by atoms with Gasteiger partial charge in [-0.1, -0.05) is 24.8 Å². The summed E-state index contributed by atoms with van der Waals surface area (Å²) < 4.78 is 29.6. The van der Waals surface area contributed by atoms with E-state index in [2.05, 4.69) is 19.9 Å². The number of aliphatic hydroxyl groups is 1. The Bertz CT molecular complexity index is 1300. The number of nitrogens with zero attached hydrogens (tertiary/aromatic N) is 5. The van der Waals surface area contributed by atoms with Crippen LogP contribution in [0.15, 0.2) is 61.1 Å². The van der Waals surface area contributed by atoms with E-state index < -0.39 is 18.1 Å². The highest BCUT2D eigenvalue weighted by Gasteiger charge is 2.45. The number of rotatable bonds is 5. The van der Waals surface area contributed by atoms with Crippen LogP contribution in [0.2, 0.25) is 0 Å². The molecule has 0 amide bonds. The summed E-state index contributed by atoms with van der Waals surface area (Å²) in [4.78, 5) is 12.2. The Labute approximate surface area is 177 Å². The van der Waals surface area contributed by atoms with Gasteiger partial charge in [0.15, 0.2) is 5.69 Å². The van der Waals surface area contributed by atoms with E-state index in [9.17, 15) is 13.9 Å². The van der Waals surface area contributed by atoms with E-state index in [1.54, 1.807) is 18.3 Å². The summed E-state index contributed by atoms with van der Waals surface area (Å²) in [5, 5.41) is 14.7. The molecule has 0 atom stereocenters. The van der Waals surface area contributed by atoms with Crippen molar-refractivity contribution in [2.75, 3.05) is 0 Å². The van der Waals surface area contributed by atoms with Gasteiger partial charge in [-0.25, -0.2) is 8.78 Å². The van der Waals surface area contributed by atoms with Crippen molar-refractivity contribution >= 4 is 16.7 Å². The average molecular weight is 419 g/mol. The molecule has 0 unspecified atom stereocenters. The number of benzene rings is 1. The van der Waals surface area contributed by atoms with Gasteiger partial charge in [-0.3, -0.25) is 9.67 Å². The molecule has 0 aliphatic rings. The number of alkyl halides is 2. The third-order valence-electron chi connectivity index (χ3n) is 5.07. The van der Waals surface area contributed by atoms with Crippen molar-refractivity contribution in [1.82, 2.24) is 19.7 Å². The second kappa shape index (κ2) is 7.52. The Morgan fingerprint density at radius 2 is 1.94 bits per heavy atom. The van der Waals surface area contributed by atoms with E-state index in [4.69, 9.17) is 6.57 Å². The van der Waals surface area contributed by atoms with Crippen LogP contribution in [0.25, 0.3) is 38.1 Å². The molecule has 31 heavy (non-hydrogen) atoms. The van der Waals surface area contributed by atoms with Crippen molar-refractivity contribution in [1.29, 1.82) is 0 Å². The van der Waals surface area contributed by atoms with Gasteiger partial charge in [0.1, 0.15) is 12.1 Å². The fourth-order valence-corrected chi connectivity index (χ4v) is 3.16. The highest BCUT2D eigenvalue weighted by atomic mass is 19.3. The maximum absolute atomic E-state index is 14.3. The molecular formula is C23H19F2N5O. The molecule has 4 rings (SSSR count). The van der Waals surface area contributed by atoms with Crippen LogP contribution in [0, 0.1) is 6.57 Å². The summed E-state index contributed by atoms with van der Waals surface area (Å²) in [6.07, 6.45) is 4.65. The zero-order valence-corrected chi connectivity index (χ0v) is 16.9. The topological polar surface area (TPSA) is 68.2 Å². The first-order valence-electron chi connectivity index (χ1n) is 9.55. The first kappa shape index (κ1) is 20.6. The minimum absolute atomic E-state index is 0.223. The Morgan fingerprint density at radius 3 is 2.68 bits per heavy atom. The molecule has 0 saturated carbocycles. The maximum atomic E-state index is 14.3. The third kappa shape index (κ3) is 4.00. The average Bonchev–Trinajstić information content (AvgIpc) is 3.19. The highest BCUT2D eigenvalue weighted by molar-refractivity contribution is 5.88. The van der Waals surface area contributed by atoms with Crippen molar-refractivity contribution < 1.29 is 13.9 Å². The van der Waals surface area contributed by atoms with Crippen molar-refractivity contribution in [3.8, 4) is 22.4 Å². The van der Waals surface area contributed by atoms with Crippen LogP contribution in [0.1, 0.15) is 13.8 Å². The normalized spacial score (nSPS) is 12.1. The lowest BCUT2D eigenvalue weighted by Gasteiger charge is -2.28. The molecule has 0 saturated heterocycles. The SMILES string of the molecule is [C-]#[N+]c1ccc(-c2cnn(CC(F)(F)C(C)(C)O)c2)c(-c2ccc3cccnc3c2)n1. The first-order chi connectivity index (χ1) is 14.7. The molecule has 0 bridgehead atoms. The molecule has 4 aromatic rings. The van der Waals surface area contributed by atoms with Gasteiger partial charge < -0.3 is 9.95 Å². The Morgan fingerprint density at radius 1 is 1.13 bits per heavy atom. The van der Waals surface area contributed by atoms with Crippen molar-refractivity contribution in [3.05, 3.63) is 72.5 Å². The molecule has 0 radical (unpaired) electrons. The largest absolute Gasteiger partial charge is 0.384 e. The fraction of sp³-hybridized carbons (Fsp3) is 0.217. The Hall–Kier alpha value is -3.70. The number of hydrogen-bond acceptors (Lipinski definition) is 4. The van der Waals surface area contributed by atoms with Crippen LogP contribution in [0.5, 0.6) is 0 Å². The van der Waals surface area contributed by atoms with E-state index in [1.165, 1.54) is 12.4 Å². The van der Waals surface area contributed by atoms with Crippen molar-refractivity contribution in [3.63, 3.8) is 0 Å². The summed E-state index contributed by atoms with van der Waals surface area (Å²) in [5.74, 6) is -3.14. The van der Waals surface area contributed by atoms with Crippen LogP contribution in [0.3, 0.4) is 0 Å². The number of pyridine rings is 2. The summed E-state index contributed by atoms with van der Waals surface area (Å²) in [5.41, 5.74) is 1.12. The molecule has 8 heteroatoms. The lowest BCUT2D eigenvalue weighted by atomic mass is 10.00. The van der Waals surface area contributed by atoms with Gasteiger partial charge >= 0.3 is 0 Å². The molecule has 1 aromatic carbocycles. The number of aromatic nitrogens is 4. The van der Waals surface area contributed by atoms with Crippen molar-refractivity contribution in [2.24, 2.45) is 0 Å². The highest BCUT2D eigenvalue weighted by Crippen LogP contribution is 2.35. The van der Waals surface area contributed by atoms with Crippen LogP contribution in [0.4, 0.5) is 14.6 Å². The van der Waals surface area contributed by atoms with Gasteiger partial charge in [0.05, 0.1) is 11.7 Å². The van der Waals surface area contributed by atoms with E-state index in [0.717, 1.165) is 35.0 Å². The van der Waals surface area contributed by atoms with E-state index >= 15 is 0 Å². The molecule has 0 aliphatic carbocycles. The predicted octanol–water partition coefficient (Wildman–Crippen LogP) is 5.12. The number of fused-ring (bicyclic) bond motifs is 1. The zero-order valence-electron chi connectivity index (χ0n) is 16.9. The van der Waals surface area contributed by atoms with Crippen LogP contribution >= 0.6 is 0 Å². The molecule has 0 aliphatic heterocycles. The number of hydrogen-bond donors (Lipinski definition) is 1. The second-order valence-electron chi connectivity index (χ2n) is 7.78. The van der Waals surface area contributed by atoms with E-state index in [1.807, 2.05) is 30.3 Å². The first-order valence-corrected chi connectivity index (χ1v) is 9.55. The molecule has 3 heterocycles. The Balaban J connectivity index is 1.78. The molecule has 1 N–H and O–H groups in total. The van der Waals surface area contributed by atoms with Crippen molar-refractivity contribution in [2.45, 2.75) is 31.9 Å².